The number of amides is 1. The van der Waals surface area contributed by atoms with Crippen molar-refractivity contribution < 1.29 is 31.3 Å². The summed E-state index contributed by atoms with van der Waals surface area (Å²) in [6.07, 6.45) is 1.08. The number of morpholine rings is 1. The van der Waals surface area contributed by atoms with E-state index < -0.39 is 30.9 Å². The van der Waals surface area contributed by atoms with Gasteiger partial charge in [0.25, 0.3) is 21.6 Å². The SMILES string of the molecule is O=C(NCc1ccc(S(=O)(=O)N2CCC(Nc3cccc(S(=O)(=O)N4CCOCC4)c3)CC2)s1)c1cccc([N+](=O)[O-])c1. The van der Waals surface area contributed by atoms with E-state index in [9.17, 15) is 31.7 Å². The Morgan fingerprint density at radius 3 is 2.35 bits per heavy atom. The number of thiophene rings is 1. The second-order valence-electron chi connectivity index (χ2n) is 10.1. The van der Waals surface area contributed by atoms with Gasteiger partial charge in [0, 0.05) is 60.5 Å². The molecule has 0 aliphatic carbocycles. The highest BCUT2D eigenvalue weighted by atomic mass is 32.2. The number of carbonyl (C=O) groups excluding carboxylic acids is 1. The van der Waals surface area contributed by atoms with Crippen molar-refractivity contribution in [2.45, 2.75) is 34.5 Å². The number of piperidine rings is 1. The average molecular weight is 650 g/mol. The molecule has 3 heterocycles. The fourth-order valence-corrected chi connectivity index (χ4v) is 9.28. The number of sulfonamides is 2. The smallest absolute Gasteiger partial charge is 0.270 e. The zero-order valence-electron chi connectivity index (χ0n) is 23.0. The van der Waals surface area contributed by atoms with Crippen LogP contribution in [0.3, 0.4) is 0 Å². The third-order valence-electron chi connectivity index (χ3n) is 7.24. The molecule has 230 valence electrons. The molecule has 5 rings (SSSR count). The maximum atomic E-state index is 13.3. The molecule has 2 aliphatic rings. The third-order valence-corrected chi connectivity index (χ3v) is 12.6. The van der Waals surface area contributed by atoms with Crippen LogP contribution in [0.15, 0.2) is 69.8 Å². The van der Waals surface area contributed by atoms with E-state index in [1.165, 1.54) is 38.9 Å². The summed E-state index contributed by atoms with van der Waals surface area (Å²) in [6.45, 7) is 2.02. The standard InChI is InChI=1S/C27H31N5O8S3/c33-27(20-3-1-5-23(17-20)32(34)35)28-19-24-7-8-26(41-24)43(38,39)30-11-9-21(10-12-30)29-22-4-2-6-25(18-22)42(36,37)31-13-15-40-16-14-31/h1-8,17-18,21,29H,9-16,19H2,(H,28,33). The first-order chi connectivity index (χ1) is 20.5. The number of hydrogen-bond donors (Lipinski definition) is 2. The zero-order chi connectivity index (χ0) is 30.6. The number of carbonyl (C=O) groups is 1. The minimum Gasteiger partial charge on any atom is -0.382 e. The summed E-state index contributed by atoms with van der Waals surface area (Å²) < 4.78 is 61.0. The van der Waals surface area contributed by atoms with Crippen LogP contribution in [0.25, 0.3) is 0 Å². The van der Waals surface area contributed by atoms with Gasteiger partial charge in [-0.2, -0.15) is 8.61 Å². The number of nitrogens with zero attached hydrogens (tertiary/aromatic N) is 3. The summed E-state index contributed by atoms with van der Waals surface area (Å²) in [7, 11) is -7.37. The van der Waals surface area contributed by atoms with Crippen LogP contribution in [0.2, 0.25) is 0 Å². The number of nitro groups is 1. The number of benzene rings is 2. The lowest BCUT2D eigenvalue weighted by Gasteiger charge is -2.32. The number of nitro benzene ring substituents is 1. The van der Waals surface area contributed by atoms with E-state index in [-0.39, 0.29) is 32.9 Å². The second-order valence-corrected chi connectivity index (χ2v) is 15.3. The Labute approximate surface area is 253 Å². The summed E-state index contributed by atoms with van der Waals surface area (Å²) in [5.74, 6) is -0.500. The average Bonchev–Trinajstić information content (AvgIpc) is 3.51. The van der Waals surface area contributed by atoms with Crippen molar-refractivity contribution in [3.05, 3.63) is 81.2 Å². The van der Waals surface area contributed by atoms with Crippen LogP contribution in [0, 0.1) is 10.1 Å². The second kappa shape index (κ2) is 13.1. The van der Waals surface area contributed by atoms with Gasteiger partial charge in [-0.1, -0.05) is 12.1 Å². The van der Waals surface area contributed by atoms with E-state index in [1.54, 1.807) is 30.3 Å². The molecule has 0 saturated carbocycles. The lowest BCUT2D eigenvalue weighted by Crippen LogP contribution is -2.42. The summed E-state index contributed by atoms with van der Waals surface area (Å²) in [6, 6.07) is 15.2. The van der Waals surface area contributed by atoms with E-state index in [0.29, 0.717) is 62.8 Å². The van der Waals surface area contributed by atoms with E-state index in [4.69, 9.17) is 4.74 Å². The Hall–Kier alpha value is -3.41. The van der Waals surface area contributed by atoms with Gasteiger partial charge in [0.1, 0.15) is 4.21 Å². The predicted molar refractivity (Wildman–Crippen MR) is 160 cm³/mol. The molecule has 0 bridgehead atoms. The fourth-order valence-electron chi connectivity index (χ4n) is 4.91. The first-order valence-corrected chi connectivity index (χ1v) is 17.3. The molecule has 0 atom stereocenters. The molecule has 2 aliphatic heterocycles. The molecule has 16 heteroatoms. The third kappa shape index (κ3) is 7.22. The topological polar surface area (TPSA) is 168 Å². The molecule has 2 fully saturated rings. The van der Waals surface area contributed by atoms with Crippen molar-refractivity contribution >= 4 is 48.7 Å². The van der Waals surface area contributed by atoms with Crippen molar-refractivity contribution in [3.63, 3.8) is 0 Å². The first-order valence-electron chi connectivity index (χ1n) is 13.6. The highest BCUT2D eigenvalue weighted by molar-refractivity contribution is 7.91. The molecule has 2 saturated heterocycles. The number of ether oxygens (including phenoxy) is 1. The van der Waals surface area contributed by atoms with Gasteiger partial charge in [0.2, 0.25) is 10.0 Å². The van der Waals surface area contributed by atoms with Gasteiger partial charge < -0.3 is 15.4 Å². The van der Waals surface area contributed by atoms with Crippen molar-refractivity contribution in [1.29, 1.82) is 0 Å². The zero-order valence-corrected chi connectivity index (χ0v) is 25.5. The largest absolute Gasteiger partial charge is 0.382 e. The fraction of sp³-hybridized carbons (Fsp3) is 0.370. The van der Waals surface area contributed by atoms with Gasteiger partial charge in [0.05, 0.1) is 29.6 Å². The van der Waals surface area contributed by atoms with Gasteiger partial charge >= 0.3 is 0 Å². The van der Waals surface area contributed by atoms with Gasteiger partial charge in [-0.25, -0.2) is 16.8 Å². The van der Waals surface area contributed by atoms with E-state index in [0.717, 1.165) is 11.3 Å². The highest BCUT2D eigenvalue weighted by Gasteiger charge is 2.31. The van der Waals surface area contributed by atoms with Gasteiger partial charge in [-0.3, -0.25) is 14.9 Å². The lowest BCUT2D eigenvalue weighted by molar-refractivity contribution is -0.384. The number of nitrogens with one attached hydrogen (secondary N) is 2. The Bertz CT molecular complexity index is 1700. The molecular formula is C27H31N5O8S3. The van der Waals surface area contributed by atoms with Crippen LogP contribution in [-0.4, -0.2) is 81.7 Å². The lowest BCUT2D eigenvalue weighted by atomic mass is 10.1. The van der Waals surface area contributed by atoms with Crippen LogP contribution in [0.4, 0.5) is 11.4 Å². The van der Waals surface area contributed by atoms with Gasteiger partial charge in [-0.05, 0) is 49.2 Å². The molecule has 2 aromatic carbocycles. The minimum absolute atomic E-state index is 0.0317. The van der Waals surface area contributed by atoms with E-state index in [2.05, 4.69) is 10.6 Å². The molecule has 0 spiro atoms. The molecular weight excluding hydrogens is 619 g/mol. The van der Waals surface area contributed by atoms with Crippen LogP contribution in [0.1, 0.15) is 28.1 Å². The number of hydrogen-bond acceptors (Lipinski definition) is 10. The molecule has 1 amide bonds. The molecule has 0 radical (unpaired) electrons. The molecule has 1 aromatic heterocycles. The van der Waals surface area contributed by atoms with Crippen LogP contribution in [0.5, 0.6) is 0 Å². The van der Waals surface area contributed by atoms with Crippen molar-refractivity contribution in [2.75, 3.05) is 44.7 Å². The summed E-state index contributed by atoms with van der Waals surface area (Å²) >= 11 is 1.06. The number of anilines is 1. The van der Waals surface area contributed by atoms with Crippen LogP contribution < -0.4 is 10.6 Å². The van der Waals surface area contributed by atoms with Crippen LogP contribution in [-0.2, 0) is 31.3 Å². The first kappa shape index (κ1) is 31.0. The normalized spacial score (nSPS) is 17.4. The Kier molecular flexibility index (Phi) is 9.43. The quantitative estimate of drug-likeness (QED) is 0.248. The molecule has 13 nitrogen and oxygen atoms in total. The maximum absolute atomic E-state index is 13.3. The van der Waals surface area contributed by atoms with Gasteiger partial charge in [0.15, 0.2) is 0 Å². The Balaban J connectivity index is 1.15. The Morgan fingerprint density at radius 1 is 0.930 bits per heavy atom. The highest BCUT2D eigenvalue weighted by Crippen LogP contribution is 2.29. The summed E-state index contributed by atoms with van der Waals surface area (Å²) in [5, 5.41) is 17.0. The predicted octanol–water partition coefficient (Wildman–Crippen LogP) is 2.87. The monoisotopic (exact) mass is 649 g/mol. The van der Waals surface area contributed by atoms with Gasteiger partial charge in [-0.15, -0.1) is 11.3 Å². The Morgan fingerprint density at radius 2 is 1.63 bits per heavy atom. The summed E-state index contributed by atoms with van der Waals surface area (Å²) in [5.41, 5.74) is 0.604. The van der Waals surface area contributed by atoms with Crippen molar-refractivity contribution in [3.8, 4) is 0 Å². The number of rotatable bonds is 10. The molecule has 0 unspecified atom stereocenters. The van der Waals surface area contributed by atoms with E-state index in [1.807, 2.05) is 0 Å². The summed E-state index contributed by atoms with van der Waals surface area (Å²) in [4.78, 5) is 23.7. The van der Waals surface area contributed by atoms with Crippen molar-refractivity contribution in [1.82, 2.24) is 13.9 Å². The minimum atomic E-state index is -3.74. The molecule has 3 aromatic rings. The van der Waals surface area contributed by atoms with Crippen molar-refractivity contribution in [2.24, 2.45) is 0 Å². The number of non-ortho nitro benzene ring substituents is 1. The molecule has 43 heavy (non-hydrogen) atoms. The van der Waals surface area contributed by atoms with Crippen LogP contribution >= 0.6 is 11.3 Å². The maximum Gasteiger partial charge on any atom is 0.270 e. The van der Waals surface area contributed by atoms with E-state index >= 15 is 0 Å². The molecule has 2 N–H and O–H groups in total.